The maximum Gasteiger partial charge on any atom is 0.247 e. The van der Waals surface area contributed by atoms with Gasteiger partial charge in [-0.15, -0.1) is 10.2 Å². The van der Waals surface area contributed by atoms with Gasteiger partial charge in [0.1, 0.15) is 24.2 Å². The van der Waals surface area contributed by atoms with Crippen molar-refractivity contribution < 1.29 is 28.2 Å². The van der Waals surface area contributed by atoms with E-state index in [1.54, 1.807) is 31.4 Å². The van der Waals surface area contributed by atoms with Crippen molar-refractivity contribution in [1.29, 1.82) is 0 Å². The predicted octanol–water partition coefficient (Wildman–Crippen LogP) is 2.53. The molecule has 0 radical (unpaired) electrons. The third-order valence-electron chi connectivity index (χ3n) is 7.10. The van der Waals surface area contributed by atoms with Crippen molar-refractivity contribution >= 4 is 11.8 Å². The van der Waals surface area contributed by atoms with Gasteiger partial charge in [0.15, 0.2) is 0 Å². The number of hydrogen-bond acceptors (Lipinski definition) is 8. The second-order valence-electron chi connectivity index (χ2n) is 9.89. The molecule has 2 aliphatic rings. The number of benzene rings is 2. The molecular formula is C28H33FN6O5. The topological polar surface area (TPSA) is 121 Å². The van der Waals surface area contributed by atoms with Crippen LogP contribution in [0.4, 0.5) is 4.39 Å². The number of nitrogens with one attached hydrogen (secondary N) is 1. The van der Waals surface area contributed by atoms with Crippen LogP contribution in [0.25, 0.3) is 11.4 Å². The molecule has 3 heterocycles. The van der Waals surface area contributed by atoms with Crippen LogP contribution in [0.3, 0.4) is 0 Å². The lowest BCUT2D eigenvalue weighted by atomic mass is 10.0. The number of hydrogen-bond donors (Lipinski definition) is 1. The van der Waals surface area contributed by atoms with Crippen LogP contribution in [0.2, 0.25) is 0 Å². The number of nitrogens with zero attached hydrogens (tertiary/aromatic N) is 5. The molecule has 2 aliphatic heterocycles. The van der Waals surface area contributed by atoms with Crippen LogP contribution in [0.15, 0.2) is 48.5 Å². The predicted molar refractivity (Wildman–Crippen MR) is 142 cm³/mol. The molecule has 5 rings (SSSR count). The molecule has 0 spiro atoms. The van der Waals surface area contributed by atoms with Gasteiger partial charge in [0.05, 0.1) is 19.3 Å². The zero-order valence-corrected chi connectivity index (χ0v) is 22.4. The number of tetrazole rings is 1. The number of aromatic nitrogens is 4. The van der Waals surface area contributed by atoms with Gasteiger partial charge in [-0.1, -0.05) is 12.1 Å². The van der Waals surface area contributed by atoms with E-state index in [9.17, 15) is 14.0 Å². The van der Waals surface area contributed by atoms with Crippen LogP contribution in [-0.4, -0.2) is 82.5 Å². The number of rotatable bonds is 11. The van der Waals surface area contributed by atoms with E-state index >= 15 is 0 Å². The summed E-state index contributed by atoms with van der Waals surface area (Å²) in [4.78, 5) is 30.1. The summed E-state index contributed by atoms with van der Waals surface area (Å²) < 4.78 is 30.5. The second kappa shape index (κ2) is 13.0. The number of carbonyl (C=O) groups is 2. The molecule has 40 heavy (non-hydrogen) atoms. The van der Waals surface area contributed by atoms with E-state index in [1.165, 1.54) is 34.0 Å². The highest BCUT2D eigenvalue weighted by Gasteiger charge is 2.35. The maximum atomic E-state index is 13.8. The Balaban J connectivity index is 1.39. The first kappa shape index (κ1) is 27.7. The van der Waals surface area contributed by atoms with Gasteiger partial charge in [-0.3, -0.25) is 9.59 Å². The second-order valence-corrected chi connectivity index (χ2v) is 9.89. The molecule has 0 saturated carbocycles. The maximum absolute atomic E-state index is 13.8. The first-order valence-electron chi connectivity index (χ1n) is 13.5. The quantitative estimate of drug-likeness (QED) is 0.385. The van der Waals surface area contributed by atoms with Crippen LogP contribution in [-0.2, 0) is 25.6 Å². The fourth-order valence-electron chi connectivity index (χ4n) is 4.97. The lowest BCUT2D eigenvalue weighted by Gasteiger charge is -2.33. The largest absolute Gasteiger partial charge is 0.497 e. The molecule has 3 atom stereocenters. The summed E-state index contributed by atoms with van der Waals surface area (Å²) in [5, 5.41) is 15.5. The fraction of sp³-hybridized carbons (Fsp3) is 0.464. The van der Waals surface area contributed by atoms with Crippen molar-refractivity contribution in [3.8, 4) is 17.1 Å². The van der Waals surface area contributed by atoms with Crippen molar-refractivity contribution in [3.05, 3.63) is 59.9 Å². The molecule has 2 saturated heterocycles. The molecule has 0 bridgehead atoms. The number of carbonyl (C=O) groups excluding carboxylic acids is 2. The molecule has 212 valence electrons. The van der Waals surface area contributed by atoms with Gasteiger partial charge in [-0.25, -0.2) is 4.39 Å². The average Bonchev–Trinajstić information content (AvgIpc) is 3.76. The lowest BCUT2D eigenvalue weighted by Crippen LogP contribution is -2.48. The summed E-state index contributed by atoms with van der Waals surface area (Å²) in [6.45, 7) is 1.53. The summed E-state index contributed by atoms with van der Waals surface area (Å²) >= 11 is 0. The number of ether oxygens (including phenoxy) is 3. The zero-order valence-electron chi connectivity index (χ0n) is 22.4. The van der Waals surface area contributed by atoms with Crippen molar-refractivity contribution in [3.63, 3.8) is 0 Å². The van der Waals surface area contributed by atoms with Gasteiger partial charge in [0.2, 0.25) is 17.6 Å². The third-order valence-corrected chi connectivity index (χ3v) is 7.10. The fourth-order valence-corrected chi connectivity index (χ4v) is 4.97. The third kappa shape index (κ3) is 6.80. The highest BCUT2D eigenvalue weighted by molar-refractivity contribution is 5.88. The molecule has 1 aromatic heterocycles. The highest BCUT2D eigenvalue weighted by Crippen LogP contribution is 2.26. The van der Waals surface area contributed by atoms with Crippen molar-refractivity contribution in [2.24, 2.45) is 0 Å². The van der Waals surface area contributed by atoms with Crippen molar-refractivity contribution in [2.75, 3.05) is 33.4 Å². The van der Waals surface area contributed by atoms with Gasteiger partial charge < -0.3 is 24.4 Å². The Labute approximate surface area is 231 Å². The molecular weight excluding hydrogens is 519 g/mol. The van der Waals surface area contributed by atoms with Gasteiger partial charge in [-0.2, -0.15) is 4.80 Å². The Morgan fingerprint density at radius 2 is 1.77 bits per heavy atom. The van der Waals surface area contributed by atoms with Gasteiger partial charge in [0, 0.05) is 31.9 Å². The van der Waals surface area contributed by atoms with Crippen LogP contribution in [0.1, 0.15) is 37.3 Å². The van der Waals surface area contributed by atoms with E-state index < -0.39 is 17.8 Å². The van der Waals surface area contributed by atoms with Crippen LogP contribution < -0.4 is 10.1 Å². The Morgan fingerprint density at radius 1 is 1.07 bits per heavy atom. The summed E-state index contributed by atoms with van der Waals surface area (Å²) in [6.07, 6.45) is 3.13. The highest BCUT2D eigenvalue weighted by atomic mass is 19.1. The van der Waals surface area contributed by atoms with Gasteiger partial charge >= 0.3 is 0 Å². The summed E-state index contributed by atoms with van der Waals surface area (Å²) in [6, 6.07) is 11.8. The minimum Gasteiger partial charge on any atom is -0.497 e. The molecule has 2 fully saturated rings. The molecule has 2 amide bonds. The SMILES string of the molecule is COc1ccc(-c2nnn(CC(=O)N(C[C@@H]3CCCO3)[C@H](C(=O)NC[C@@H]3CCCO3)c3ccc(F)cc3)n2)cc1. The van der Waals surface area contributed by atoms with E-state index in [0.717, 1.165) is 25.7 Å². The van der Waals surface area contributed by atoms with Crippen LogP contribution in [0, 0.1) is 5.82 Å². The molecule has 12 heteroatoms. The van der Waals surface area contributed by atoms with E-state index in [4.69, 9.17) is 14.2 Å². The van der Waals surface area contributed by atoms with Gasteiger partial charge in [0.25, 0.3) is 0 Å². The van der Waals surface area contributed by atoms with E-state index in [-0.39, 0.29) is 31.2 Å². The van der Waals surface area contributed by atoms with Crippen LogP contribution >= 0.6 is 0 Å². The average molecular weight is 553 g/mol. The molecule has 0 unspecified atom stereocenters. The summed E-state index contributed by atoms with van der Waals surface area (Å²) in [7, 11) is 1.58. The van der Waals surface area contributed by atoms with Crippen molar-refractivity contribution in [2.45, 2.75) is 50.5 Å². The summed E-state index contributed by atoms with van der Waals surface area (Å²) in [5.74, 6) is -0.155. The Morgan fingerprint density at radius 3 is 2.42 bits per heavy atom. The van der Waals surface area contributed by atoms with Crippen LogP contribution in [0.5, 0.6) is 5.75 Å². The Hall–Kier alpha value is -3.90. The van der Waals surface area contributed by atoms with Gasteiger partial charge in [-0.05, 0) is 72.9 Å². The minimum atomic E-state index is -1.01. The first-order chi connectivity index (χ1) is 19.5. The number of amides is 2. The minimum absolute atomic E-state index is 0.0733. The lowest BCUT2D eigenvalue weighted by molar-refractivity contribution is -0.143. The van der Waals surface area contributed by atoms with E-state index in [0.29, 0.717) is 42.5 Å². The monoisotopic (exact) mass is 552 g/mol. The van der Waals surface area contributed by atoms with E-state index in [1.807, 2.05) is 0 Å². The smallest absolute Gasteiger partial charge is 0.247 e. The standard InChI is InChI=1S/C28H33FN6O5/c1-38-22-12-8-20(9-13-22)27-31-33-35(32-27)18-25(36)34(17-24-5-3-15-40-24)26(19-6-10-21(29)11-7-19)28(37)30-16-23-4-2-14-39-23/h6-13,23-24,26H,2-5,14-18H2,1H3,(H,30,37)/t23-,24-,26-/m0/s1. The zero-order chi connectivity index (χ0) is 27.9. The molecule has 11 nitrogen and oxygen atoms in total. The molecule has 0 aliphatic carbocycles. The normalized spacial score (nSPS) is 19.4. The Kier molecular flexibility index (Phi) is 8.97. The summed E-state index contributed by atoms with van der Waals surface area (Å²) in [5.41, 5.74) is 1.21. The molecule has 3 aromatic rings. The number of methoxy groups -OCH3 is 1. The first-order valence-corrected chi connectivity index (χ1v) is 13.5. The number of halogens is 1. The Bertz CT molecular complexity index is 1270. The molecule has 1 N–H and O–H groups in total. The van der Waals surface area contributed by atoms with Crippen molar-refractivity contribution in [1.82, 2.24) is 30.4 Å². The van der Waals surface area contributed by atoms with E-state index in [2.05, 4.69) is 20.7 Å². The molecule has 2 aromatic carbocycles.